The van der Waals surface area contributed by atoms with Crippen molar-refractivity contribution in [2.75, 3.05) is 50.2 Å². The molecule has 2 saturated heterocycles. The normalized spacial score (nSPS) is 19.6. The van der Waals surface area contributed by atoms with Gasteiger partial charge < -0.3 is 25.0 Å². The molecule has 2 fully saturated rings. The quantitative estimate of drug-likeness (QED) is 0.774. The van der Waals surface area contributed by atoms with Gasteiger partial charge in [-0.3, -0.25) is 9.59 Å². The van der Waals surface area contributed by atoms with Gasteiger partial charge in [-0.1, -0.05) is 0 Å². The maximum Gasteiger partial charge on any atom is 0.253 e. The van der Waals surface area contributed by atoms with Crippen molar-refractivity contribution in [1.82, 2.24) is 5.32 Å². The van der Waals surface area contributed by atoms with Crippen molar-refractivity contribution in [3.05, 3.63) is 23.8 Å². The van der Waals surface area contributed by atoms with Crippen LogP contribution < -0.4 is 15.5 Å². The lowest BCUT2D eigenvalue weighted by Gasteiger charge is -2.22. The zero-order valence-electron chi connectivity index (χ0n) is 15.3. The fourth-order valence-electron chi connectivity index (χ4n) is 3.46. The molecule has 0 aromatic heterocycles. The van der Waals surface area contributed by atoms with Crippen LogP contribution in [0.2, 0.25) is 0 Å². The van der Waals surface area contributed by atoms with Gasteiger partial charge in [-0.15, -0.1) is 0 Å². The van der Waals surface area contributed by atoms with Crippen LogP contribution in [0.1, 0.15) is 36.0 Å². The molecule has 0 radical (unpaired) electrons. The summed E-state index contributed by atoms with van der Waals surface area (Å²) in [4.78, 5) is 26.8. The average Bonchev–Trinajstić information content (AvgIpc) is 3.33. The summed E-state index contributed by atoms with van der Waals surface area (Å²) in [5.41, 5.74) is 2.09. The van der Waals surface area contributed by atoms with E-state index in [4.69, 9.17) is 9.47 Å². The lowest BCUT2D eigenvalue weighted by Crippen LogP contribution is -2.33. The van der Waals surface area contributed by atoms with Gasteiger partial charge in [-0.05, 0) is 43.9 Å². The Kier molecular flexibility index (Phi) is 6.46. The second-order valence-electron chi connectivity index (χ2n) is 6.75. The van der Waals surface area contributed by atoms with E-state index in [2.05, 4.69) is 15.5 Å². The van der Waals surface area contributed by atoms with Crippen molar-refractivity contribution in [1.29, 1.82) is 0 Å². The van der Waals surface area contributed by atoms with E-state index in [1.165, 1.54) is 7.11 Å². The molecule has 2 heterocycles. The highest BCUT2D eigenvalue weighted by molar-refractivity contribution is 6.02. The number of amides is 2. The second-order valence-corrected chi connectivity index (χ2v) is 6.75. The predicted octanol–water partition coefficient (Wildman–Crippen LogP) is 1.78. The lowest BCUT2D eigenvalue weighted by molar-refractivity contribution is -0.119. The average molecular weight is 361 g/mol. The van der Waals surface area contributed by atoms with Crippen LogP contribution in [0, 0.1) is 0 Å². The summed E-state index contributed by atoms with van der Waals surface area (Å²) in [6.45, 7) is 3.15. The van der Waals surface area contributed by atoms with Crippen LogP contribution in [0.25, 0.3) is 0 Å². The molecular weight excluding hydrogens is 334 g/mol. The molecule has 142 valence electrons. The zero-order valence-corrected chi connectivity index (χ0v) is 15.3. The van der Waals surface area contributed by atoms with Crippen LogP contribution in [-0.4, -0.2) is 57.9 Å². The van der Waals surface area contributed by atoms with Crippen LogP contribution in [-0.2, 0) is 14.3 Å². The number of carbonyl (C=O) groups is 2. The van der Waals surface area contributed by atoms with Gasteiger partial charge in [0, 0.05) is 44.7 Å². The second kappa shape index (κ2) is 9.00. The summed E-state index contributed by atoms with van der Waals surface area (Å²) in [6, 6.07) is 5.48. The molecule has 1 unspecified atom stereocenters. The van der Waals surface area contributed by atoms with Crippen molar-refractivity contribution in [2.24, 2.45) is 0 Å². The van der Waals surface area contributed by atoms with E-state index in [1.54, 1.807) is 6.07 Å². The van der Waals surface area contributed by atoms with Gasteiger partial charge in [0.2, 0.25) is 5.91 Å². The van der Waals surface area contributed by atoms with Crippen LogP contribution in [0.5, 0.6) is 0 Å². The topological polar surface area (TPSA) is 79.9 Å². The monoisotopic (exact) mass is 361 g/mol. The highest BCUT2D eigenvalue weighted by Crippen LogP contribution is 2.27. The van der Waals surface area contributed by atoms with Crippen molar-refractivity contribution in [2.45, 2.75) is 31.8 Å². The molecule has 0 spiro atoms. The molecular formula is C19H27N3O4. The third kappa shape index (κ3) is 4.74. The number of hydrogen-bond acceptors (Lipinski definition) is 5. The van der Waals surface area contributed by atoms with Gasteiger partial charge in [-0.2, -0.15) is 0 Å². The number of ether oxygens (including phenoxy) is 2. The highest BCUT2D eigenvalue weighted by atomic mass is 16.5. The smallest absolute Gasteiger partial charge is 0.253 e. The molecule has 2 N–H and O–H groups in total. The molecule has 0 saturated carbocycles. The van der Waals surface area contributed by atoms with Crippen LogP contribution in [0.3, 0.4) is 0 Å². The number of methoxy groups -OCH3 is 1. The molecule has 7 heteroatoms. The number of nitrogens with one attached hydrogen (secondary N) is 2. The van der Waals surface area contributed by atoms with Crippen LogP contribution in [0.4, 0.5) is 11.4 Å². The highest BCUT2D eigenvalue weighted by Gasteiger charge is 2.22. The summed E-state index contributed by atoms with van der Waals surface area (Å²) < 4.78 is 10.4. The van der Waals surface area contributed by atoms with Crippen molar-refractivity contribution >= 4 is 23.2 Å². The van der Waals surface area contributed by atoms with Crippen molar-refractivity contribution in [3.8, 4) is 0 Å². The number of carbonyl (C=O) groups excluding carboxylic acids is 2. The fraction of sp³-hybridized carbons (Fsp3) is 0.579. The molecule has 1 aromatic carbocycles. The first-order chi connectivity index (χ1) is 12.7. The van der Waals surface area contributed by atoms with Gasteiger partial charge >= 0.3 is 0 Å². The Morgan fingerprint density at radius 2 is 2.08 bits per heavy atom. The third-order valence-electron chi connectivity index (χ3n) is 4.76. The molecule has 2 amide bonds. The summed E-state index contributed by atoms with van der Waals surface area (Å²) in [6.07, 6.45) is 4.37. The first-order valence-corrected chi connectivity index (χ1v) is 9.25. The molecule has 1 atom stereocenters. The van der Waals surface area contributed by atoms with Gasteiger partial charge in [0.05, 0.1) is 11.7 Å². The maximum atomic E-state index is 12.8. The minimum atomic E-state index is -0.243. The van der Waals surface area contributed by atoms with Crippen LogP contribution >= 0.6 is 0 Å². The Morgan fingerprint density at radius 3 is 2.77 bits per heavy atom. The molecule has 0 aliphatic carbocycles. The van der Waals surface area contributed by atoms with Crippen LogP contribution in [0.15, 0.2) is 18.2 Å². The van der Waals surface area contributed by atoms with Gasteiger partial charge in [-0.25, -0.2) is 0 Å². The Morgan fingerprint density at radius 1 is 1.27 bits per heavy atom. The Hall–Kier alpha value is -2.12. The predicted molar refractivity (Wildman–Crippen MR) is 99.7 cm³/mol. The summed E-state index contributed by atoms with van der Waals surface area (Å²) in [5, 5.41) is 5.75. The van der Waals surface area contributed by atoms with E-state index in [-0.39, 0.29) is 24.5 Å². The summed E-state index contributed by atoms with van der Waals surface area (Å²) in [7, 11) is 1.47. The molecule has 2 aliphatic heterocycles. The minimum Gasteiger partial charge on any atom is -0.376 e. The molecule has 3 rings (SSSR count). The number of rotatable bonds is 7. The largest absolute Gasteiger partial charge is 0.376 e. The zero-order chi connectivity index (χ0) is 18.4. The molecule has 2 aliphatic rings. The van der Waals surface area contributed by atoms with E-state index < -0.39 is 0 Å². The first-order valence-electron chi connectivity index (χ1n) is 9.25. The number of benzene rings is 1. The molecule has 1 aromatic rings. The Bertz CT molecular complexity index is 638. The van der Waals surface area contributed by atoms with Gasteiger partial charge in [0.15, 0.2) is 0 Å². The van der Waals surface area contributed by atoms with Crippen molar-refractivity contribution in [3.63, 3.8) is 0 Å². The Balaban J connectivity index is 1.75. The summed E-state index contributed by atoms with van der Waals surface area (Å²) in [5.74, 6) is -0.377. The standard InChI is InChI=1S/C19H27N3O4/c1-25-13-18(23)21-14-6-7-17(22-8-2-3-9-22)16(11-14)19(24)20-12-15-5-4-10-26-15/h6-7,11,15H,2-5,8-10,12-13H2,1H3,(H,20,24)(H,21,23). The fourth-order valence-corrected chi connectivity index (χ4v) is 3.46. The van der Waals surface area contributed by atoms with Gasteiger partial charge in [0.1, 0.15) is 6.61 Å². The molecule has 7 nitrogen and oxygen atoms in total. The maximum absolute atomic E-state index is 12.8. The van der Waals surface area contributed by atoms with E-state index in [0.29, 0.717) is 17.8 Å². The summed E-state index contributed by atoms with van der Waals surface area (Å²) >= 11 is 0. The molecule has 0 bridgehead atoms. The first kappa shape index (κ1) is 18.7. The Labute approximate surface area is 154 Å². The number of hydrogen-bond donors (Lipinski definition) is 2. The van der Waals surface area contributed by atoms with E-state index >= 15 is 0 Å². The van der Waals surface area contributed by atoms with E-state index in [9.17, 15) is 9.59 Å². The van der Waals surface area contributed by atoms with E-state index in [1.807, 2.05) is 12.1 Å². The number of nitrogens with zero attached hydrogens (tertiary/aromatic N) is 1. The SMILES string of the molecule is COCC(=O)Nc1ccc(N2CCCC2)c(C(=O)NCC2CCCO2)c1. The molecule has 26 heavy (non-hydrogen) atoms. The van der Waals surface area contributed by atoms with E-state index in [0.717, 1.165) is 51.1 Å². The minimum absolute atomic E-state index is 0.0194. The van der Waals surface area contributed by atoms with Gasteiger partial charge in [0.25, 0.3) is 5.91 Å². The lowest BCUT2D eigenvalue weighted by atomic mass is 10.1. The number of anilines is 2. The third-order valence-corrected chi connectivity index (χ3v) is 4.76. The van der Waals surface area contributed by atoms with Crippen molar-refractivity contribution < 1.29 is 19.1 Å².